The van der Waals surface area contributed by atoms with Crippen LogP contribution in [0.1, 0.15) is 5.56 Å². The smallest absolute Gasteiger partial charge is 0.146 e. The number of hydrogen-bond acceptors (Lipinski definition) is 4. The molecule has 0 saturated heterocycles. The van der Waals surface area contributed by atoms with E-state index < -0.39 is 16.9 Å². The highest BCUT2D eigenvalue weighted by Crippen LogP contribution is 2.15. The molecule has 0 bridgehead atoms. The highest BCUT2D eigenvalue weighted by Gasteiger charge is 2.01. The van der Waals surface area contributed by atoms with E-state index in [1.54, 1.807) is 6.07 Å². The van der Waals surface area contributed by atoms with Crippen LogP contribution in [0.5, 0.6) is 0 Å². The summed E-state index contributed by atoms with van der Waals surface area (Å²) < 4.78 is 33.6. The molecule has 14 heavy (non-hydrogen) atoms. The third-order valence-corrected chi connectivity index (χ3v) is 2.03. The zero-order valence-electron chi connectivity index (χ0n) is 7.33. The molecule has 0 aliphatic rings. The van der Waals surface area contributed by atoms with Crippen LogP contribution in [-0.2, 0) is 17.6 Å². The largest absolute Gasteiger partial charge is 0.771 e. The molecule has 0 aromatic heterocycles. The molecular formula is C8H10FN2O2S-. The lowest BCUT2D eigenvalue weighted by Crippen LogP contribution is -2.09. The van der Waals surface area contributed by atoms with E-state index in [1.807, 2.05) is 0 Å². The van der Waals surface area contributed by atoms with Crippen LogP contribution in [0.25, 0.3) is 0 Å². The van der Waals surface area contributed by atoms with Crippen LogP contribution in [0.2, 0.25) is 0 Å². The Kier molecular flexibility index (Phi) is 3.99. The Balaban J connectivity index is 2.73. The molecule has 1 unspecified atom stereocenters. The zero-order valence-corrected chi connectivity index (χ0v) is 8.14. The first-order valence-electron chi connectivity index (χ1n) is 3.91. The maximum absolute atomic E-state index is 13.2. The van der Waals surface area contributed by atoms with Gasteiger partial charge in [0, 0.05) is 6.54 Å². The summed E-state index contributed by atoms with van der Waals surface area (Å²) in [5.74, 6) is -0.808. The minimum atomic E-state index is -2.23. The molecule has 0 heterocycles. The van der Waals surface area contributed by atoms with Gasteiger partial charge in [-0.1, -0.05) is 6.07 Å². The molecule has 1 aromatic carbocycles. The predicted molar refractivity (Wildman–Crippen MR) is 51.7 cm³/mol. The van der Waals surface area contributed by atoms with Gasteiger partial charge < -0.3 is 15.6 Å². The van der Waals surface area contributed by atoms with Crippen LogP contribution < -0.4 is 11.1 Å². The van der Waals surface area contributed by atoms with Crippen molar-refractivity contribution in [2.75, 3.05) is 11.2 Å². The molecule has 0 radical (unpaired) electrons. The summed E-state index contributed by atoms with van der Waals surface area (Å²) in [6, 6.07) is 4.37. The van der Waals surface area contributed by atoms with E-state index in [4.69, 9.17) is 5.73 Å². The van der Waals surface area contributed by atoms with E-state index in [-0.39, 0.29) is 18.1 Å². The summed E-state index contributed by atoms with van der Waals surface area (Å²) in [5.41, 5.74) is 6.13. The quantitative estimate of drug-likeness (QED) is 0.721. The van der Waals surface area contributed by atoms with Crippen molar-refractivity contribution in [3.8, 4) is 0 Å². The maximum atomic E-state index is 13.2. The minimum absolute atomic E-state index is 0.159. The Bertz CT molecular complexity index is 346. The second-order valence-electron chi connectivity index (χ2n) is 2.64. The van der Waals surface area contributed by atoms with E-state index >= 15 is 0 Å². The van der Waals surface area contributed by atoms with E-state index in [0.29, 0.717) is 5.56 Å². The second kappa shape index (κ2) is 5.04. The average molecular weight is 217 g/mol. The van der Waals surface area contributed by atoms with Crippen LogP contribution in [0.4, 0.5) is 10.1 Å². The van der Waals surface area contributed by atoms with Gasteiger partial charge in [0.25, 0.3) is 0 Å². The Morgan fingerprint density at radius 3 is 2.79 bits per heavy atom. The van der Waals surface area contributed by atoms with Crippen molar-refractivity contribution in [3.63, 3.8) is 0 Å². The molecule has 78 valence electrons. The summed E-state index contributed by atoms with van der Waals surface area (Å²) in [7, 11) is 0. The zero-order chi connectivity index (χ0) is 10.6. The molecule has 0 aliphatic heterocycles. The van der Waals surface area contributed by atoms with Gasteiger partial charge in [-0.2, -0.15) is 0 Å². The molecule has 1 atom stereocenters. The fourth-order valence-corrected chi connectivity index (χ4v) is 1.24. The third kappa shape index (κ3) is 3.06. The lowest BCUT2D eigenvalue weighted by atomic mass is 10.2. The van der Waals surface area contributed by atoms with Crippen molar-refractivity contribution < 1.29 is 13.2 Å². The van der Waals surface area contributed by atoms with Gasteiger partial charge in [-0.3, -0.25) is 4.21 Å². The first kappa shape index (κ1) is 11.1. The van der Waals surface area contributed by atoms with E-state index in [1.165, 1.54) is 12.1 Å². The third-order valence-electron chi connectivity index (χ3n) is 1.65. The summed E-state index contributed by atoms with van der Waals surface area (Å²) >= 11 is -2.23. The molecule has 3 N–H and O–H groups in total. The normalized spacial score (nSPS) is 12.5. The summed E-state index contributed by atoms with van der Waals surface area (Å²) in [4.78, 5) is 0. The number of rotatable bonds is 4. The fourth-order valence-electron chi connectivity index (χ4n) is 0.966. The Labute approximate surface area is 83.6 Å². The number of halogens is 1. The van der Waals surface area contributed by atoms with Gasteiger partial charge in [-0.05, 0) is 28.8 Å². The van der Waals surface area contributed by atoms with Crippen LogP contribution in [0.15, 0.2) is 18.2 Å². The van der Waals surface area contributed by atoms with Gasteiger partial charge in [-0.15, -0.1) is 0 Å². The lowest BCUT2D eigenvalue weighted by Gasteiger charge is -2.09. The van der Waals surface area contributed by atoms with Crippen molar-refractivity contribution in [3.05, 3.63) is 29.6 Å². The number of nitrogens with one attached hydrogen (secondary N) is 1. The Hall–Kier alpha value is -0.980. The average Bonchev–Trinajstić information content (AvgIpc) is 2.15. The molecule has 4 nitrogen and oxygen atoms in total. The van der Waals surface area contributed by atoms with Crippen molar-refractivity contribution in [1.29, 1.82) is 0 Å². The van der Waals surface area contributed by atoms with E-state index in [0.717, 1.165) is 0 Å². The highest BCUT2D eigenvalue weighted by molar-refractivity contribution is 7.79. The van der Waals surface area contributed by atoms with Gasteiger partial charge in [0.1, 0.15) is 5.82 Å². The van der Waals surface area contributed by atoms with Crippen molar-refractivity contribution in [2.24, 2.45) is 5.73 Å². The summed E-state index contributed by atoms with van der Waals surface area (Å²) in [6.45, 7) is 0.255. The minimum Gasteiger partial charge on any atom is -0.771 e. The molecule has 1 rings (SSSR count). The predicted octanol–water partition coefficient (Wildman–Crippen LogP) is 0.533. The van der Waals surface area contributed by atoms with Gasteiger partial charge in [0.2, 0.25) is 0 Å². The van der Waals surface area contributed by atoms with Crippen molar-refractivity contribution in [2.45, 2.75) is 6.54 Å². The summed E-state index contributed by atoms with van der Waals surface area (Å²) in [5, 5.41) is 2.44. The van der Waals surface area contributed by atoms with Crippen LogP contribution in [0.3, 0.4) is 0 Å². The highest BCUT2D eigenvalue weighted by atomic mass is 32.2. The fraction of sp³-hybridized carbons (Fsp3) is 0.250. The molecule has 0 spiro atoms. The Morgan fingerprint density at radius 2 is 2.29 bits per heavy atom. The number of anilines is 1. The molecule has 0 amide bonds. The summed E-state index contributed by atoms with van der Waals surface area (Å²) in [6.07, 6.45) is 0. The van der Waals surface area contributed by atoms with Gasteiger partial charge in [-0.25, -0.2) is 4.39 Å². The van der Waals surface area contributed by atoms with Gasteiger partial charge >= 0.3 is 0 Å². The number of hydrogen-bond donors (Lipinski definition) is 2. The van der Waals surface area contributed by atoms with Gasteiger partial charge in [0.05, 0.1) is 11.6 Å². The molecule has 1 aromatic rings. The maximum Gasteiger partial charge on any atom is 0.146 e. The van der Waals surface area contributed by atoms with Crippen molar-refractivity contribution >= 4 is 16.8 Å². The monoisotopic (exact) mass is 217 g/mol. The van der Waals surface area contributed by atoms with E-state index in [9.17, 15) is 13.2 Å². The first-order valence-corrected chi connectivity index (χ1v) is 5.16. The molecule has 0 fully saturated rings. The Morgan fingerprint density at radius 1 is 1.57 bits per heavy atom. The second-order valence-corrected chi connectivity index (χ2v) is 3.54. The molecule has 0 aliphatic carbocycles. The SMILES string of the molecule is NCc1ccc(NCS(=O)[O-])c(F)c1. The van der Waals surface area contributed by atoms with Crippen molar-refractivity contribution in [1.82, 2.24) is 0 Å². The first-order chi connectivity index (χ1) is 6.63. The van der Waals surface area contributed by atoms with E-state index in [2.05, 4.69) is 5.32 Å². The standard InChI is InChI=1S/C8H11FN2O2S/c9-7-3-6(4-10)1-2-8(7)11-5-14(12)13/h1-3,11H,4-5,10H2,(H,12,13)/p-1. The van der Waals surface area contributed by atoms with Crippen LogP contribution in [-0.4, -0.2) is 14.6 Å². The molecule has 0 saturated carbocycles. The van der Waals surface area contributed by atoms with Gasteiger partial charge in [0.15, 0.2) is 0 Å². The van der Waals surface area contributed by atoms with Crippen LogP contribution >= 0.6 is 0 Å². The number of benzene rings is 1. The number of nitrogens with two attached hydrogens (primary N) is 1. The lowest BCUT2D eigenvalue weighted by molar-refractivity contribution is 0.538. The topological polar surface area (TPSA) is 78.2 Å². The molecular weight excluding hydrogens is 207 g/mol. The van der Waals surface area contributed by atoms with Crippen LogP contribution in [0, 0.1) is 5.82 Å². The molecule has 6 heteroatoms.